The summed E-state index contributed by atoms with van der Waals surface area (Å²) in [5, 5.41) is 8.52. The van der Waals surface area contributed by atoms with Crippen LogP contribution in [0.3, 0.4) is 0 Å². The van der Waals surface area contributed by atoms with Gasteiger partial charge in [0.05, 0.1) is 5.71 Å². The second-order valence-corrected chi connectivity index (χ2v) is 18.6. The molecule has 0 spiro atoms. The molecular weight excluding hydrogens is 616 g/mol. The van der Waals surface area contributed by atoms with E-state index in [4.69, 9.17) is 16.4 Å². The van der Waals surface area contributed by atoms with Crippen molar-refractivity contribution in [1.82, 2.24) is 0 Å². The lowest BCUT2D eigenvalue weighted by Crippen LogP contribution is -2.50. The quantitative estimate of drug-likeness (QED) is 0.172. The Morgan fingerprint density at radius 2 is 0.956 bits per heavy atom. The van der Waals surface area contributed by atoms with Crippen molar-refractivity contribution < 1.29 is 14.0 Å². The normalized spacial score (nSPS) is 25.4. The second-order valence-electron chi connectivity index (χ2n) is 12.3. The molecule has 2 aliphatic carbocycles. The van der Waals surface area contributed by atoms with E-state index in [1.165, 1.54) is 0 Å². The van der Waals surface area contributed by atoms with Crippen LogP contribution in [0.25, 0.3) is 0 Å². The summed E-state index contributed by atoms with van der Waals surface area (Å²) in [7, 11) is -6.76. The van der Waals surface area contributed by atoms with Crippen LogP contribution in [0.2, 0.25) is 5.02 Å². The van der Waals surface area contributed by atoms with Crippen molar-refractivity contribution in [3.05, 3.63) is 156 Å². The molecule has 45 heavy (non-hydrogen) atoms. The molecule has 2 bridgehead atoms. The van der Waals surface area contributed by atoms with Gasteiger partial charge in [-0.1, -0.05) is 150 Å². The molecule has 0 aromatic heterocycles. The van der Waals surface area contributed by atoms with E-state index in [9.17, 15) is 0 Å². The molecule has 0 unspecified atom stereocenters. The maximum atomic E-state index is 16.4. The van der Waals surface area contributed by atoms with E-state index in [2.05, 4.69) is 5.16 Å². The fraction of sp³-hybridized carbons (Fsp3) is 0.184. The Labute approximate surface area is 268 Å². The second kappa shape index (κ2) is 11.3. The van der Waals surface area contributed by atoms with Gasteiger partial charge in [-0.3, -0.25) is 0 Å². The zero-order chi connectivity index (χ0) is 30.6. The lowest BCUT2D eigenvalue weighted by atomic mass is 9.80. The topological polar surface area (TPSA) is 55.7 Å². The summed E-state index contributed by atoms with van der Waals surface area (Å²) in [5.74, 6) is -0.238. The Morgan fingerprint density at radius 3 is 1.38 bits per heavy atom. The minimum Gasteiger partial charge on any atom is -0.391 e. The van der Waals surface area contributed by atoms with E-state index in [0.717, 1.165) is 38.9 Å². The maximum Gasteiger partial charge on any atom is 0.147 e. The first-order valence-electron chi connectivity index (χ1n) is 15.4. The first kappa shape index (κ1) is 28.8. The molecule has 5 aromatic rings. The number of nitrogens with zero attached hydrogens (tertiary/aromatic N) is 1. The average Bonchev–Trinajstić information content (AvgIpc) is 3.82. The molecule has 0 amide bonds. The molecule has 0 saturated heterocycles. The van der Waals surface area contributed by atoms with Crippen LogP contribution in [0.5, 0.6) is 0 Å². The van der Waals surface area contributed by atoms with Gasteiger partial charge in [-0.15, -0.1) is 0 Å². The van der Waals surface area contributed by atoms with Crippen molar-refractivity contribution in [2.75, 3.05) is 0 Å². The molecule has 7 heteroatoms. The number of fused-ring (bicyclic) bond motifs is 5. The molecule has 1 aliphatic heterocycles. The van der Waals surface area contributed by atoms with Gasteiger partial charge in [0.25, 0.3) is 0 Å². The fourth-order valence-corrected chi connectivity index (χ4v) is 17.1. The molecule has 224 valence electrons. The van der Waals surface area contributed by atoms with E-state index >= 15 is 9.13 Å². The summed E-state index contributed by atoms with van der Waals surface area (Å²) < 4.78 is 32.7. The van der Waals surface area contributed by atoms with Gasteiger partial charge in [0.1, 0.15) is 20.4 Å². The van der Waals surface area contributed by atoms with Gasteiger partial charge in [0.15, 0.2) is 0 Å². The van der Waals surface area contributed by atoms with Crippen LogP contribution in [0.1, 0.15) is 12.0 Å². The molecule has 0 N–H and O–H groups in total. The zero-order valence-electron chi connectivity index (χ0n) is 24.5. The number of rotatable bonds is 7. The number of oxime groups is 1. The lowest BCUT2D eigenvalue weighted by molar-refractivity contribution is 0.0293. The van der Waals surface area contributed by atoms with Crippen molar-refractivity contribution in [1.29, 1.82) is 0 Å². The number of halogens is 1. The van der Waals surface area contributed by atoms with Gasteiger partial charge in [0.2, 0.25) is 0 Å². The SMILES string of the molecule is O=P(c1ccccc1)(c1ccccc1)[C@@H]1[C@@H]2C[C@@H]([C@@H]3C(c4ccc(Cl)cc4)=NO[C@@H]23)[C@@H]1P(=O)(c1ccccc1)c1ccccc1. The highest BCUT2D eigenvalue weighted by atomic mass is 35.5. The Hall–Kier alpha value is -3.68. The van der Waals surface area contributed by atoms with Crippen LogP contribution in [0.15, 0.2) is 151 Å². The number of benzene rings is 5. The highest BCUT2D eigenvalue weighted by molar-refractivity contribution is 7.83. The molecule has 2 fully saturated rings. The fourth-order valence-electron chi connectivity index (χ4n) is 8.40. The Kier molecular flexibility index (Phi) is 7.22. The maximum absolute atomic E-state index is 16.4. The minimum atomic E-state index is -3.39. The van der Waals surface area contributed by atoms with E-state index in [1.807, 2.05) is 146 Å². The highest BCUT2D eigenvalue weighted by Gasteiger charge is 2.70. The third-order valence-corrected chi connectivity index (χ3v) is 18.0. The van der Waals surface area contributed by atoms with Crippen LogP contribution in [0.4, 0.5) is 0 Å². The number of hydrogen-bond donors (Lipinski definition) is 0. The van der Waals surface area contributed by atoms with Crippen LogP contribution in [-0.4, -0.2) is 23.1 Å². The molecule has 8 rings (SSSR count). The minimum absolute atomic E-state index is 0.0612. The molecule has 3 aliphatic rings. The molecule has 6 atom stereocenters. The Balaban J connectivity index is 1.38. The van der Waals surface area contributed by atoms with Gasteiger partial charge in [-0.05, 0) is 30.0 Å². The highest BCUT2D eigenvalue weighted by Crippen LogP contribution is 2.73. The molecule has 1 heterocycles. The van der Waals surface area contributed by atoms with Crippen LogP contribution in [-0.2, 0) is 14.0 Å². The predicted molar refractivity (Wildman–Crippen MR) is 185 cm³/mol. The van der Waals surface area contributed by atoms with Gasteiger partial charge in [-0.25, -0.2) is 0 Å². The van der Waals surface area contributed by atoms with Gasteiger partial charge in [-0.2, -0.15) is 0 Å². The van der Waals surface area contributed by atoms with E-state index in [1.54, 1.807) is 0 Å². The summed E-state index contributed by atoms with van der Waals surface area (Å²) in [5.41, 5.74) is 1.01. The molecule has 4 nitrogen and oxygen atoms in total. The van der Waals surface area contributed by atoms with E-state index in [-0.39, 0.29) is 23.9 Å². The molecule has 0 radical (unpaired) electrons. The van der Waals surface area contributed by atoms with Gasteiger partial charge >= 0.3 is 0 Å². The summed E-state index contributed by atoms with van der Waals surface area (Å²) in [6, 6.07) is 47.1. The first-order valence-corrected chi connectivity index (χ1v) is 19.4. The van der Waals surface area contributed by atoms with E-state index < -0.39 is 25.6 Å². The van der Waals surface area contributed by atoms with Crippen LogP contribution >= 0.6 is 25.9 Å². The summed E-state index contributed by atoms with van der Waals surface area (Å²) in [6.07, 6.45) is 0.521. The monoisotopic (exact) mass is 647 g/mol. The van der Waals surface area contributed by atoms with E-state index in [0.29, 0.717) is 5.02 Å². The summed E-state index contributed by atoms with van der Waals surface area (Å²) in [4.78, 5) is 6.32. The standard InChI is InChI=1S/C38H32ClNO3P2/c39-27-23-21-26(22-24-27)35-34-32-25-33(36(34)43-40-35)38(45(42,30-17-9-3-10-18-30)31-19-11-4-12-20-31)37(32)44(41,28-13-5-1-6-14-28)29-15-7-2-8-16-29/h1-24,32-34,36-38H,25H2/t32-,33+,34+,36-,37-,38+/m0/s1. The van der Waals surface area contributed by atoms with Crippen molar-refractivity contribution >= 4 is 52.8 Å². The molecular formula is C38H32ClNO3P2. The van der Waals surface area contributed by atoms with Crippen LogP contribution in [0, 0.1) is 17.8 Å². The largest absolute Gasteiger partial charge is 0.391 e. The zero-order valence-corrected chi connectivity index (χ0v) is 27.0. The van der Waals surface area contributed by atoms with Crippen LogP contribution < -0.4 is 21.2 Å². The van der Waals surface area contributed by atoms with Crippen molar-refractivity contribution in [3.63, 3.8) is 0 Å². The van der Waals surface area contributed by atoms with Gasteiger partial charge in [0, 0.05) is 49.4 Å². The summed E-state index contributed by atoms with van der Waals surface area (Å²) in [6.45, 7) is 0. The Bertz CT molecular complexity index is 1870. The smallest absolute Gasteiger partial charge is 0.147 e. The lowest BCUT2D eigenvalue weighted by Gasteiger charge is -2.44. The van der Waals surface area contributed by atoms with Crippen molar-refractivity contribution in [2.45, 2.75) is 23.8 Å². The summed E-state index contributed by atoms with van der Waals surface area (Å²) >= 11 is 6.26. The number of hydrogen-bond acceptors (Lipinski definition) is 4. The third kappa shape index (κ3) is 4.45. The van der Waals surface area contributed by atoms with Crippen molar-refractivity contribution in [3.8, 4) is 0 Å². The first-order chi connectivity index (χ1) is 22.0. The average molecular weight is 648 g/mol. The third-order valence-electron chi connectivity index (χ3n) is 10.1. The van der Waals surface area contributed by atoms with Gasteiger partial charge < -0.3 is 14.0 Å². The predicted octanol–water partition coefficient (Wildman–Crippen LogP) is 7.47. The Morgan fingerprint density at radius 1 is 0.556 bits per heavy atom. The van der Waals surface area contributed by atoms with Crippen molar-refractivity contribution in [2.24, 2.45) is 22.9 Å². The molecule has 5 aromatic carbocycles. The molecule has 2 saturated carbocycles.